The van der Waals surface area contributed by atoms with Crippen molar-refractivity contribution in [3.05, 3.63) is 35.9 Å². The topological polar surface area (TPSA) is 3.24 Å². The highest BCUT2D eigenvalue weighted by Crippen LogP contribution is 2.26. The molecule has 0 spiro atoms. The summed E-state index contributed by atoms with van der Waals surface area (Å²) in [5, 5.41) is 0. The molecule has 1 fully saturated rings. The molecule has 0 amide bonds. The largest absolute Gasteiger partial charge is 0.362 e. The minimum atomic E-state index is 0.691. The van der Waals surface area contributed by atoms with Gasteiger partial charge in [-0.25, -0.2) is 0 Å². The molecule has 1 aliphatic carbocycles. The summed E-state index contributed by atoms with van der Waals surface area (Å²) in [6.07, 6.45) is 2.57. The summed E-state index contributed by atoms with van der Waals surface area (Å²) in [5.74, 6) is 0. The minimum Gasteiger partial charge on any atom is -0.362 e. The molecule has 1 aliphatic rings. The summed E-state index contributed by atoms with van der Waals surface area (Å²) in [4.78, 5) is 3.15. The number of hydrogen-bond donors (Lipinski definition) is 0. The molecule has 2 heteroatoms. The van der Waals surface area contributed by atoms with Crippen LogP contribution in [0.4, 0.5) is 0 Å². The summed E-state index contributed by atoms with van der Waals surface area (Å²) >= 11 is 5.37. The molecular weight excluding hydrogens is 178 g/mol. The van der Waals surface area contributed by atoms with E-state index < -0.39 is 0 Å². The van der Waals surface area contributed by atoms with Crippen molar-refractivity contribution in [3.8, 4) is 0 Å². The molecule has 1 aromatic carbocycles. The quantitative estimate of drug-likeness (QED) is 0.658. The van der Waals surface area contributed by atoms with Gasteiger partial charge in [0.2, 0.25) is 0 Å². The first-order valence-electron chi connectivity index (χ1n) is 4.52. The second-order valence-corrected chi connectivity index (χ2v) is 3.82. The predicted octanol–water partition coefficient (Wildman–Crippen LogP) is 2.26. The number of rotatable bonds is 2. The lowest BCUT2D eigenvalue weighted by atomic mass is 10.2. The Kier molecular flexibility index (Phi) is 2.32. The third kappa shape index (κ3) is 1.89. The first-order valence-corrected chi connectivity index (χ1v) is 4.93. The van der Waals surface area contributed by atoms with E-state index in [1.54, 1.807) is 0 Å². The number of thiocarbonyl (C=S) groups is 1. The Labute approximate surface area is 84.4 Å². The molecule has 1 radical (unpaired) electrons. The van der Waals surface area contributed by atoms with Gasteiger partial charge in [-0.3, -0.25) is 0 Å². The second kappa shape index (κ2) is 3.46. The van der Waals surface area contributed by atoms with Crippen LogP contribution in [0.2, 0.25) is 0 Å². The zero-order valence-electron chi connectivity index (χ0n) is 7.66. The van der Waals surface area contributed by atoms with Crippen LogP contribution in [0.15, 0.2) is 24.3 Å². The van der Waals surface area contributed by atoms with Crippen molar-refractivity contribution < 1.29 is 0 Å². The lowest BCUT2D eigenvalue weighted by molar-refractivity contribution is 0.506. The third-order valence-electron chi connectivity index (χ3n) is 2.38. The van der Waals surface area contributed by atoms with Crippen molar-refractivity contribution in [2.24, 2.45) is 0 Å². The number of benzene rings is 1. The van der Waals surface area contributed by atoms with Crippen LogP contribution in [0.5, 0.6) is 0 Å². The van der Waals surface area contributed by atoms with Gasteiger partial charge in [0.05, 0.1) is 0 Å². The van der Waals surface area contributed by atoms with E-state index in [-0.39, 0.29) is 0 Å². The van der Waals surface area contributed by atoms with Crippen molar-refractivity contribution in [3.63, 3.8) is 0 Å². The average molecular weight is 190 g/mol. The molecule has 0 saturated heterocycles. The van der Waals surface area contributed by atoms with Crippen LogP contribution in [0.3, 0.4) is 0 Å². The Balaban J connectivity index is 2.12. The monoisotopic (exact) mass is 190 g/mol. The fraction of sp³-hybridized carbons (Fsp3) is 0.364. The predicted molar refractivity (Wildman–Crippen MR) is 57.8 cm³/mol. The highest BCUT2D eigenvalue weighted by Gasteiger charge is 2.27. The number of nitrogens with zero attached hydrogens (tertiary/aromatic N) is 1. The maximum absolute atomic E-state index is 5.37. The first-order chi connectivity index (χ1) is 6.29. The van der Waals surface area contributed by atoms with Gasteiger partial charge in [-0.1, -0.05) is 36.5 Å². The normalized spacial score (nSPS) is 15.5. The van der Waals surface area contributed by atoms with E-state index in [1.807, 2.05) is 24.3 Å². The van der Waals surface area contributed by atoms with Gasteiger partial charge in [-0.05, 0) is 18.9 Å². The van der Waals surface area contributed by atoms with Gasteiger partial charge in [0.15, 0.2) is 0 Å². The highest BCUT2D eigenvalue weighted by atomic mass is 32.1. The van der Waals surface area contributed by atoms with Gasteiger partial charge >= 0.3 is 0 Å². The van der Waals surface area contributed by atoms with E-state index in [0.29, 0.717) is 6.04 Å². The zero-order valence-corrected chi connectivity index (χ0v) is 8.47. The van der Waals surface area contributed by atoms with E-state index in [2.05, 4.69) is 18.0 Å². The third-order valence-corrected chi connectivity index (χ3v) is 2.90. The Bertz CT molecular complexity index is 303. The molecule has 0 atom stereocenters. The summed E-state index contributed by atoms with van der Waals surface area (Å²) < 4.78 is 0. The van der Waals surface area contributed by atoms with Crippen molar-refractivity contribution in [1.82, 2.24) is 4.90 Å². The average Bonchev–Trinajstić information content (AvgIpc) is 3.00. The van der Waals surface area contributed by atoms with Crippen LogP contribution >= 0.6 is 12.2 Å². The molecule has 0 N–H and O–H groups in total. The van der Waals surface area contributed by atoms with Crippen LogP contribution in [0.1, 0.15) is 18.4 Å². The molecular formula is C11H12NS. The van der Waals surface area contributed by atoms with Crippen molar-refractivity contribution >= 4 is 17.2 Å². The fourth-order valence-corrected chi connectivity index (χ4v) is 1.65. The molecule has 0 heterocycles. The minimum absolute atomic E-state index is 0.691. The molecule has 2 rings (SSSR count). The SMILES string of the molecule is CN(C(=S)c1cc[c]cc1)C1CC1. The van der Waals surface area contributed by atoms with Gasteiger partial charge in [0.25, 0.3) is 0 Å². The molecule has 1 saturated carbocycles. The van der Waals surface area contributed by atoms with Crippen LogP contribution in [0, 0.1) is 6.07 Å². The van der Waals surface area contributed by atoms with E-state index in [0.717, 1.165) is 10.6 Å². The van der Waals surface area contributed by atoms with E-state index >= 15 is 0 Å². The van der Waals surface area contributed by atoms with Gasteiger partial charge in [-0.15, -0.1) is 0 Å². The molecule has 0 aromatic heterocycles. The Morgan fingerprint density at radius 3 is 2.62 bits per heavy atom. The zero-order chi connectivity index (χ0) is 9.26. The van der Waals surface area contributed by atoms with Crippen LogP contribution in [-0.2, 0) is 0 Å². The fourth-order valence-electron chi connectivity index (χ4n) is 1.36. The maximum atomic E-state index is 5.37. The summed E-state index contributed by atoms with van der Waals surface area (Å²) in [7, 11) is 2.08. The van der Waals surface area contributed by atoms with Crippen molar-refractivity contribution in [2.75, 3.05) is 7.05 Å². The standard InChI is InChI=1S/C11H12NS/c1-12(10-7-8-10)11(13)9-5-3-2-4-6-9/h3-6,10H,7-8H2,1H3. The molecule has 0 aliphatic heterocycles. The molecule has 1 aromatic rings. The van der Waals surface area contributed by atoms with Crippen LogP contribution < -0.4 is 0 Å². The molecule has 0 bridgehead atoms. The van der Waals surface area contributed by atoms with Crippen molar-refractivity contribution in [2.45, 2.75) is 18.9 Å². The molecule has 1 nitrogen and oxygen atoms in total. The van der Waals surface area contributed by atoms with E-state index in [9.17, 15) is 0 Å². The van der Waals surface area contributed by atoms with Gasteiger partial charge in [0, 0.05) is 18.7 Å². The maximum Gasteiger partial charge on any atom is 0.109 e. The highest BCUT2D eigenvalue weighted by molar-refractivity contribution is 7.80. The first kappa shape index (κ1) is 8.70. The molecule has 13 heavy (non-hydrogen) atoms. The van der Waals surface area contributed by atoms with Gasteiger partial charge in [0.1, 0.15) is 4.99 Å². The number of hydrogen-bond acceptors (Lipinski definition) is 1. The summed E-state index contributed by atoms with van der Waals surface area (Å²) in [5.41, 5.74) is 1.13. The van der Waals surface area contributed by atoms with Gasteiger partial charge in [-0.2, -0.15) is 0 Å². The van der Waals surface area contributed by atoms with Crippen LogP contribution in [-0.4, -0.2) is 23.0 Å². The lowest BCUT2D eigenvalue weighted by Gasteiger charge is -2.19. The van der Waals surface area contributed by atoms with Crippen molar-refractivity contribution in [1.29, 1.82) is 0 Å². The second-order valence-electron chi connectivity index (χ2n) is 3.44. The Hall–Kier alpha value is -0.890. The summed E-state index contributed by atoms with van der Waals surface area (Å²) in [6, 6.07) is 11.5. The molecule has 0 unspecified atom stereocenters. The lowest BCUT2D eigenvalue weighted by Crippen LogP contribution is -2.27. The van der Waals surface area contributed by atoms with Gasteiger partial charge < -0.3 is 4.90 Å². The van der Waals surface area contributed by atoms with E-state index in [4.69, 9.17) is 12.2 Å². The van der Waals surface area contributed by atoms with Crippen LogP contribution in [0.25, 0.3) is 0 Å². The Morgan fingerprint density at radius 1 is 1.46 bits per heavy atom. The van der Waals surface area contributed by atoms with E-state index in [1.165, 1.54) is 12.8 Å². The Morgan fingerprint density at radius 2 is 2.08 bits per heavy atom. The summed E-state index contributed by atoms with van der Waals surface area (Å²) in [6.45, 7) is 0. The molecule has 67 valence electrons. The smallest absolute Gasteiger partial charge is 0.109 e.